The van der Waals surface area contributed by atoms with Gasteiger partial charge in [0.2, 0.25) is 5.91 Å². The molecule has 1 aromatic carbocycles. The number of hydrogen-bond donors (Lipinski definition) is 2. The first-order valence-electron chi connectivity index (χ1n) is 5.55. The number of amides is 1. The number of nitrogens with zero attached hydrogens (tertiary/aromatic N) is 1. The number of anilines is 1. The molecule has 1 heterocycles. The fourth-order valence-corrected chi connectivity index (χ4v) is 2.26. The van der Waals surface area contributed by atoms with E-state index in [2.05, 4.69) is 5.32 Å². The minimum atomic E-state index is -0.527. The van der Waals surface area contributed by atoms with E-state index in [9.17, 15) is 9.90 Å². The second-order valence-electron chi connectivity index (χ2n) is 4.07. The van der Waals surface area contributed by atoms with Gasteiger partial charge in [-0.1, -0.05) is 17.7 Å². The fraction of sp³-hybridized carbons (Fsp3) is 0.417. The maximum atomic E-state index is 11.7. The van der Waals surface area contributed by atoms with Crippen LogP contribution < -0.4 is 10.2 Å². The average Bonchev–Trinajstić information content (AvgIpc) is 2.32. The summed E-state index contributed by atoms with van der Waals surface area (Å²) in [5, 5.41) is 12.7. The highest BCUT2D eigenvalue weighted by Gasteiger charge is 2.30. The van der Waals surface area contributed by atoms with Crippen LogP contribution in [0.2, 0.25) is 5.02 Å². The Kier molecular flexibility index (Phi) is 3.54. The van der Waals surface area contributed by atoms with Crippen molar-refractivity contribution in [1.29, 1.82) is 0 Å². The lowest BCUT2D eigenvalue weighted by Crippen LogP contribution is -2.57. The summed E-state index contributed by atoms with van der Waals surface area (Å²) in [6, 6.07) is 5.06. The van der Waals surface area contributed by atoms with Crippen molar-refractivity contribution in [3.05, 3.63) is 28.8 Å². The molecular weight excluding hydrogens is 240 g/mol. The van der Waals surface area contributed by atoms with Crippen molar-refractivity contribution in [1.82, 2.24) is 5.32 Å². The Morgan fingerprint density at radius 3 is 3.06 bits per heavy atom. The molecule has 1 amide bonds. The third kappa shape index (κ3) is 2.23. The molecule has 5 heteroatoms. The molecule has 0 saturated carbocycles. The van der Waals surface area contributed by atoms with E-state index < -0.39 is 6.04 Å². The monoisotopic (exact) mass is 254 g/mol. The van der Waals surface area contributed by atoms with Gasteiger partial charge in [-0.25, -0.2) is 0 Å². The van der Waals surface area contributed by atoms with E-state index in [-0.39, 0.29) is 12.5 Å². The zero-order valence-electron chi connectivity index (χ0n) is 9.61. The molecule has 1 aliphatic rings. The summed E-state index contributed by atoms with van der Waals surface area (Å²) in [7, 11) is 0. The molecule has 0 radical (unpaired) electrons. The molecule has 1 aromatic rings. The van der Waals surface area contributed by atoms with Gasteiger partial charge in [0.15, 0.2) is 0 Å². The Hall–Kier alpha value is -1.26. The lowest BCUT2D eigenvalue weighted by molar-refractivity contribution is -0.124. The Bertz CT molecular complexity index is 437. The second-order valence-corrected chi connectivity index (χ2v) is 4.47. The molecule has 1 aliphatic heterocycles. The molecule has 17 heavy (non-hydrogen) atoms. The number of carbonyl (C=O) groups excluding carboxylic acids is 1. The first-order valence-corrected chi connectivity index (χ1v) is 5.93. The largest absolute Gasteiger partial charge is 0.394 e. The van der Waals surface area contributed by atoms with Crippen LogP contribution in [0.5, 0.6) is 0 Å². The minimum Gasteiger partial charge on any atom is -0.394 e. The maximum absolute atomic E-state index is 11.7. The van der Waals surface area contributed by atoms with Gasteiger partial charge < -0.3 is 15.3 Å². The molecule has 0 spiro atoms. The smallest absolute Gasteiger partial charge is 0.245 e. The van der Waals surface area contributed by atoms with Crippen molar-refractivity contribution in [2.24, 2.45) is 0 Å². The molecule has 2 N–H and O–H groups in total. The van der Waals surface area contributed by atoms with E-state index in [0.717, 1.165) is 11.3 Å². The SMILES string of the molecule is Cc1c(Cl)cccc1N1CCNC(=O)C1CO. The van der Waals surface area contributed by atoms with Crippen LogP contribution in [0, 0.1) is 6.92 Å². The number of aliphatic hydroxyl groups excluding tert-OH is 1. The van der Waals surface area contributed by atoms with Crippen molar-refractivity contribution in [2.75, 3.05) is 24.6 Å². The Morgan fingerprint density at radius 1 is 1.59 bits per heavy atom. The molecule has 0 bridgehead atoms. The highest BCUT2D eigenvalue weighted by atomic mass is 35.5. The van der Waals surface area contributed by atoms with Gasteiger partial charge in [0.05, 0.1) is 6.61 Å². The highest BCUT2D eigenvalue weighted by molar-refractivity contribution is 6.31. The van der Waals surface area contributed by atoms with Crippen molar-refractivity contribution in [3.63, 3.8) is 0 Å². The number of aliphatic hydroxyl groups is 1. The summed E-state index contributed by atoms with van der Waals surface area (Å²) < 4.78 is 0. The van der Waals surface area contributed by atoms with Gasteiger partial charge in [0.1, 0.15) is 6.04 Å². The number of piperazine rings is 1. The Labute approximate surface area is 105 Å². The van der Waals surface area contributed by atoms with Gasteiger partial charge in [-0.15, -0.1) is 0 Å². The molecule has 92 valence electrons. The highest BCUT2D eigenvalue weighted by Crippen LogP contribution is 2.28. The zero-order chi connectivity index (χ0) is 12.4. The number of rotatable bonds is 2. The van der Waals surface area contributed by atoms with Crippen LogP contribution in [0.1, 0.15) is 5.56 Å². The standard InChI is InChI=1S/C12H15ClN2O2/c1-8-9(13)3-2-4-10(8)15-6-5-14-12(17)11(15)7-16/h2-4,11,16H,5-7H2,1H3,(H,14,17). The Balaban J connectivity index is 2.37. The number of hydrogen-bond acceptors (Lipinski definition) is 3. The summed E-state index contributed by atoms with van der Waals surface area (Å²) in [6.07, 6.45) is 0. The van der Waals surface area contributed by atoms with E-state index in [1.807, 2.05) is 30.0 Å². The van der Waals surface area contributed by atoms with Crippen LogP contribution in [0.15, 0.2) is 18.2 Å². The summed E-state index contributed by atoms with van der Waals surface area (Å²) in [5.74, 6) is -0.141. The molecule has 4 nitrogen and oxygen atoms in total. The minimum absolute atomic E-state index is 0.141. The molecule has 0 aliphatic carbocycles. The van der Waals surface area contributed by atoms with Crippen LogP contribution in [-0.4, -0.2) is 36.8 Å². The fourth-order valence-electron chi connectivity index (χ4n) is 2.09. The lowest BCUT2D eigenvalue weighted by Gasteiger charge is -2.36. The summed E-state index contributed by atoms with van der Waals surface area (Å²) in [4.78, 5) is 13.6. The third-order valence-electron chi connectivity index (χ3n) is 3.05. The van der Waals surface area contributed by atoms with Crippen LogP contribution >= 0.6 is 11.6 Å². The van der Waals surface area contributed by atoms with Crippen LogP contribution in [0.3, 0.4) is 0 Å². The van der Waals surface area contributed by atoms with Gasteiger partial charge >= 0.3 is 0 Å². The van der Waals surface area contributed by atoms with Gasteiger partial charge in [0, 0.05) is 23.8 Å². The topological polar surface area (TPSA) is 52.6 Å². The van der Waals surface area contributed by atoms with Gasteiger partial charge in [-0.05, 0) is 24.6 Å². The first kappa shape index (κ1) is 12.2. The lowest BCUT2D eigenvalue weighted by atomic mass is 10.1. The Morgan fingerprint density at radius 2 is 2.35 bits per heavy atom. The van der Waals surface area contributed by atoms with E-state index in [0.29, 0.717) is 18.1 Å². The quantitative estimate of drug-likeness (QED) is 0.826. The normalized spacial score (nSPS) is 20.3. The van der Waals surface area contributed by atoms with Crippen LogP contribution in [0.4, 0.5) is 5.69 Å². The van der Waals surface area contributed by atoms with Gasteiger partial charge in [0.25, 0.3) is 0 Å². The summed E-state index contributed by atoms with van der Waals surface area (Å²) in [5.41, 5.74) is 1.84. The maximum Gasteiger partial charge on any atom is 0.245 e. The van der Waals surface area contributed by atoms with E-state index >= 15 is 0 Å². The summed E-state index contributed by atoms with van der Waals surface area (Å²) in [6.45, 7) is 2.98. The molecule has 2 rings (SSSR count). The molecule has 1 saturated heterocycles. The molecule has 1 fully saturated rings. The number of carbonyl (C=O) groups is 1. The number of benzene rings is 1. The molecule has 1 atom stereocenters. The predicted molar refractivity (Wildman–Crippen MR) is 67.4 cm³/mol. The average molecular weight is 255 g/mol. The van der Waals surface area contributed by atoms with Gasteiger partial charge in [-0.2, -0.15) is 0 Å². The molecular formula is C12H15ClN2O2. The number of nitrogens with one attached hydrogen (secondary N) is 1. The van der Waals surface area contributed by atoms with E-state index in [1.54, 1.807) is 0 Å². The van der Waals surface area contributed by atoms with Gasteiger partial charge in [-0.3, -0.25) is 4.79 Å². The second kappa shape index (κ2) is 4.94. The number of halogens is 1. The van der Waals surface area contributed by atoms with Crippen molar-refractivity contribution in [3.8, 4) is 0 Å². The molecule has 1 unspecified atom stereocenters. The van der Waals surface area contributed by atoms with Crippen LogP contribution in [-0.2, 0) is 4.79 Å². The van der Waals surface area contributed by atoms with Crippen molar-refractivity contribution in [2.45, 2.75) is 13.0 Å². The van der Waals surface area contributed by atoms with E-state index in [4.69, 9.17) is 11.6 Å². The van der Waals surface area contributed by atoms with Crippen LogP contribution in [0.25, 0.3) is 0 Å². The summed E-state index contributed by atoms with van der Waals surface area (Å²) >= 11 is 6.07. The third-order valence-corrected chi connectivity index (χ3v) is 3.46. The molecule has 0 aromatic heterocycles. The first-order chi connectivity index (χ1) is 8.15. The van der Waals surface area contributed by atoms with Crippen molar-refractivity contribution >= 4 is 23.2 Å². The zero-order valence-corrected chi connectivity index (χ0v) is 10.4. The van der Waals surface area contributed by atoms with Crippen molar-refractivity contribution < 1.29 is 9.90 Å². The predicted octanol–water partition coefficient (Wildman–Crippen LogP) is 0.946. The van der Waals surface area contributed by atoms with E-state index in [1.165, 1.54) is 0 Å².